The average Bonchev–Trinajstić information content (AvgIpc) is 3.59. The summed E-state index contributed by atoms with van der Waals surface area (Å²) in [5.41, 5.74) is 14.2. The highest BCUT2D eigenvalue weighted by Gasteiger charge is 2.53. The van der Waals surface area contributed by atoms with Gasteiger partial charge in [0.1, 0.15) is 5.69 Å². The molecule has 8 aromatic rings. The fourth-order valence-corrected chi connectivity index (χ4v) is 7.98. The van der Waals surface area contributed by atoms with Crippen molar-refractivity contribution in [3.8, 4) is 45.0 Å². The summed E-state index contributed by atoms with van der Waals surface area (Å²) >= 11 is 0. The lowest BCUT2D eigenvalue weighted by Gasteiger charge is -2.31. The van der Waals surface area contributed by atoms with Gasteiger partial charge in [-0.3, -0.25) is 0 Å². The van der Waals surface area contributed by atoms with E-state index in [9.17, 15) is 0 Å². The van der Waals surface area contributed by atoms with Crippen LogP contribution in [0.15, 0.2) is 152 Å². The molecule has 1 spiro atoms. The molecule has 2 aliphatic carbocycles. The van der Waals surface area contributed by atoms with E-state index in [1.165, 1.54) is 38.9 Å². The highest BCUT2D eigenvalue weighted by atomic mass is 14.9. The van der Waals surface area contributed by atoms with Gasteiger partial charge >= 0.3 is 0 Å². The predicted octanol–water partition coefficient (Wildman–Crippen LogP) is 9.86. The summed E-state index contributed by atoms with van der Waals surface area (Å²) in [5.74, 6) is 0.640. The van der Waals surface area contributed by atoms with Crippen molar-refractivity contribution >= 4 is 21.8 Å². The topological polar surface area (TPSA) is 38.7 Å². The molecular formula is C42H25N3. The maximum absolute atomic E-state index is 5.40. The second kappa shape index (κ2) is 9.04. The van der Waals surface area contributed by atoms with Crippen LogP contribution in [-0.2, 0) is 5.41 Å². The van der Waals surface area contributed by atoms with Crippen LogP contribution in [0.3, 0.4) is 0 Å². The SMILES string of the molecule is c1ccc(-c2nc(-c3nc4ccccc4c4c3-c3ccccc3C43c4ccccc4-c4ccccc43)nc3ccccc23)cc1. The zero-order valence-electron chi connectivity index (χ0n) is 24.3. The predicted molar refractivity (Wildman–Crippen MR) is 182 cm³/mol. The first-order valence-electron chi connectivity index (χ1n) is 15.4. The lowest BCUT2D eigenvalue weighted by Crippen LogP contribution is -2.26. The highest BCUT2D eigenvalue weighted by Crippen LogP contribution is 2.64. The number of hydrogen-bond acceptors (Lipinski definition) is 3. The van der Waals surface area contributed by atoms with Gasteiger partial charge in [0.25, 0.3) is 0 Å². The van der Waals surface area contributed by atoms with Crippen molar-refractivity contribution in [2.24, 2.45) is 0 Å². The van der Waals surface area contributed by atoms with Gasteiger partial charge in [-0.15, -0.1) is 0 Å². The van der Waals surface area contributed by atoms with Gasteiger partial charge in [0.15, 0.2) is 5.82 Å². The van der Waals surface area contributed by atoms with E-state index in [0.29, 0.717) is 5.82 Å². The molecule has 6 aromatic carbocycles. The summed E-state index contributed by atoms with van der Waals surface area (Å²) in [6.07, 6.45) is 0. The molecule has 2 heterocycles. The Hall–Kier alpha value is -5.93. The summed E-state index contributed by atoms with van der Waals surface area (Å²) in [6, 6.07) is 54.0. The Morgan fingerprint density at radius 3 is 1.58 bits per heavy atom. The Morgan fingerprint density at radius 1 is 0.378 bits per heavy atom. The number of fused-ring (bicyclic) bond motifs is 13. The van der Waals surface area contributed by atoms with E-state index in [0.717, 1.165) is 44.3 Å². The molecule has 45 heavy (non-hydrogen) atoms. The monoisotopic (exact) mass is 571 g/mol. The summed E-state index contributed by atoms with van der Waals surface area (Å²) in [7, 11) is 0. The first-order chi connectivity index (χ1) is 22.3. The summed E-state index contributed by atoms with van der Waals surface area (Å²) in [6.45, 7) is 0. The lowest BCUT2D eigenvalue weighted by atomic mass is 9.69. The highest BCUT2D eigenvalue weighted by molar-refractivity contribution is 6.06. The molecule has 2 aliphatic rings. The molecule has 3 nitrogen and oxygen atoms in total. The number of para-hydroxylation sites is 2. The number of hydrogen-bond donors (Lipinski definition) is 0. The van der Waals surface area contributed by atoms with Crippen LogP contribution in [0.4, 0.5) is 0 Å². The second-order valence-corrected chi connectivity index (χ2v) is 11.9. The van der Waals surface area contributed by atoms with Crippen molar-refractivity contribution in [3.05, 3.63) is 174 Å². The largest absolute Gasteiger partial charge is 0.244 e. The second-order valence-electron chi connectivity index (χ2n) is 11.9. The van der Waals surface area contributed by atoms with Crippen LogP contribution in [0.5, 0.6) is 0 Å². The molecule has 10 rings (SSSR count). The van der Waals surface area contributed by atoms with E-state index in [1.54, 1.807) is 0 Å². The Labute approximate surface area is 260 Å². The van der Waals surface area contributed by atoms with E-state index >= 15 is 0 Å². The van der Waals surface area contributed by atoms with Gasteiger partial charge in [0.2, 0.25) is 0 Å². The zero-order valence-corrected chi connectivity index (χ0v) is 24.3. The zero-order chi connectivity index (χ0) is 29.5. The molecule has 0 aliphatic heterocycles. The van der Waals surface area contributed by atoms with Gasteiger partial charge in [-0.05, 0) is 51.1 Å². The number of pyridine rings is 1. The summed E-state index contributed by atoms with van der Waals surface area (Å²) in [5, 5.41) is 2.18. The van der Waals surface area contributed by atoms with Gasteiger partial charge in [0, 0.05) is 21.9 Å². The van der Waals surface area contributed by atoms with Crippen molar-refractivity contribution in [1.82, 2.24) is 15.0 Å². The molecule has 0 radical (unpaired) electrons. The van der Waals surface area contributed by atoms with Crippen LogP contribution in [0.1, 0.15) is 22.3 Å². The molecule has 0 amide bonds. The number of rotatable bonds is 2. The average molecular weight is 572 g/mol. The molecule has 2 aromatic heterocycles. The molecular weight excluding hydrogens is 546 g/mol. The van der Waals surface area contributed by atoms with E-state index in [-0.39, 0.29) is 0 Å². The van der Waals surface area contributed by atoms with E-state index in [2.05, 4.69) is 140 Å². The van der Waals surface area contributed by atoms with E-state index in [1.807, 2.05) is 12.1 Å². The van der Waals surface area contributed by atoms with E-state index < -0.39 is 5.41 Å². The van der Waals surface area contributed by atoms with Crippen LogP contribution in [0.25, 0.3) is 66.8 Å². The first-order valence-corrected chi connectivity index (χ1v) is 15.4. The lowest BCUT2D eigenvalue weighted by molar-refractivity contribution is 0.800. The van der Waals surface area contributed by atoms with Crippen LogP contribution >= 0.6 is 0 Å². The molecule has 0 fully saturated rings. The van der Waals surface area contributed by atoms with Crippen LogP contribution in [-0.4, -0.2) is 15.0 Å². The maximum atomic E-state index is 5.40. The van der Waals surface area contributed by atoms with Crippen LogP contribution in [0.2, 0.25) is 0 Å². The minimum Gasteiger partial charge on any atom is -0.244 e. The Balaban J connectivity index is 1.40. The molecule has 0 atom stereocenters. The van der Waals surface area contributed by atoms with Crippen molar-refractivity contribution in [2.75, 3.05) is 0 Å². The number of aromatic nitrogens is 3. The van der Waals surface area contributed by atoms with Gasteiger partial charge in [-0.2, -0.15) is 0 Å². The third-order valence-electron chi connectivity index (χ3n) is 9.68. The molecule has 0 unspecified atom stereocenters. The minimum atomic E-state index is -0.491. The molecule has 0 N–H and O–H groups in total. The Kier molecular flexibility index (Phi) is 4.92. The standard InChI is InChI=1S/C42H25N3/c1-2-14-26(15-3-1)39-31-20-8-13-25-36(31)44-41(45-39)40-37-29-18-6-11-23-34(29)42(38(37)30-19-7-12-24-35(30)43-40)32-21-9-4-16-27(32)28-17-5-10-22-33(28)42/h1-25H. The summed E-state index contributed by atoms with van der Waals surface area (Å²) in [4.78, 5) is 15.9. The fourth-order valence-electron chi connectivity index (χ4n) is 7.98. The molecule has 3 heteroatoms. The van der Waals surface area contributed by atoms with Crippen LogP contribution in [0, 0.1) is 0 Å². The van der Waals surface area contributed by atoms with Crippen molar-refractivity contribution in [1.29, 1.82) is 0 Å². The molecule has 208 valence electrons. The maximum Gasteiger partial charge on any atom is 0.180 e. The number of benzene rings is 6. The van der Waals surface area contributed by atoms with E-state index in [4.69, 9.17) is 15.0 Å². The normalized spacial score (nSPS) is 13.5. The molecule has 0 saturated heterocycles. The van der Waals surface area contributed by atoms with Gasteiger partial charge in [0.05, 0.1) is 22.1 Å². The Bertz CT molecular complexity index is 2450. The molecule has 0 bridgehead atoms. The van der Waals surface area contributed by atoms with Gasteiger partial charge in [-0.1, -0.05) is 140 Å². The van der Waals surface area contributed by atoms with Gasteiger partial charge in [-0.25, -0.2) is 15.0 Å². The van der Waals surface area contributed by atoms with Crippen molar-refractivity contribution in [2.45, 2.75) is 5.41 Å². The summed E-state index contributed by atoms with van der Waals surface area (Å²) < 4.78 is 0. The van der Waals surface area contributed by atoms with Gasteiger partial charge < -0.3 is 0 Å². The number of nitrogens with zero attached hydrogens (tertiary/aromatic N) is 3. The molecule has 0 saturated carbocycles. The fraction of sp³-hybridized carbons (Fsp3) is 0.0238. The quantitative estimate of drug-likeness (QED) is 0.207. The van der Waals surface area contributed by atoms with Crippen LogP contribution < -0.4 is 0 Å². The smallest absolute Gasteiger partial charge is 0.180 e. The minimum absolute atomic E-state index is 0.491. The first kappa shape index (κ1) is 24.5. The van der Waals surface area contributed by atoms with Crippen molar-refractivity contribution < 1.29 is 0 Å². The van der Waals surface area contributed by atoms with Crippen molar-refractivity contribution in [3.63, 3.8) is 0 Å². The third kappa shape index (κ3) is 3.17. The third-order valence-corrected chi connectivity index (χ3v) is 9.68. The Morgan fingerprint density at radius 2 is 0.889 bits per heavy atom.